The standard InChI is InChI=1S/C15H31N3O2/c1-5-7-16-14-12-20-11-13(14)15(19)18(8-6-2)10-9-17(3)4/h13-14,16H,5-12H2,1-4H3. The number of hydrogen-bond acceptors (Lipinski definition) is 4. The first kappa shape index (κ1) is 17.4. The van der Waals surface area contributed by atoms with Crippen molar-refractivity contribution in [2.45, 2.75) is 32.7 Å². The lowest BCUT2D eigenvalue weighted by molar-refractivity contribution is -0.136. The lowest BCUT2D eigenvalue weighted by atomic mass is 10.0. The van der Waals surface area contributed by atoms with Crippen molar-refractivity contribution in [2.75, 3.05) is 53.5 Å². The second-order valence-corrected chi connectivity index (χ2v) is 5.83. The number of likely N-dealkylation sites (N-methyl/N-ethyl adjacent to an activating group) is 1. The molecule has 20 heavy (non-hydrogen) atoms. The summed E-state index contributed by atoms with van der Waals surface area (Å²) < 4.78 is 5.52. The highest BCUT2D eigenvalue weighted by molar-refractivity contribution is 5.80. The van der Waals surface area contributed by atoms with Gasteiger partial charge in [-0.25, -0.2) is 0 Å². The average molecular weight is 285 g/mol. The van der Waals surface area contributed by atoms with Gasteiger partial charge in [0.15, 0.2) is 0 Å². The van der Waals surface area contributed by atoms with Crippen molar-refractivity contribution in [3.8, 4) is 0 Å². The summed E-state index contributed by atoms with van der Waals surface area (Å²) in [6.07, 6.45) is 2.08. The third-order valence-electron chi connectivity index (χ3n) is 3.68. The minimum Gasteiger partial charge on any atom is -0.379 e. The van der Waals surface area contributed by atoms with Crippen molar-refractivity contribution in [2.24, 2.45) is 5.92 Å². The fraction of sp³-hybridized carbons (Fsp3) is 0.933. The smallest absolute Gasteiger partial charge is 0.229 e. The SMILES string of the molecule is CCCNC1COCC1C(=O)N(CCC)CCN(C)C. The number of hydrogen-bond donors (Lipinski definition) is 1. The van der Waals surface area contributed by atoms with E-state index in [0.717, 1.165) is 39.0 Å². The van der Waals surface area contributed by atoms with E-state index in [2.05, 4.69) is 24.1 Å². The summed E-state index contributed by atoms with van der Waals surface area (Å²) in [5.41, 5.74) is 0. The zero-order valence-corrected chi connectivity index (χ0v) is 13.5. The molecule has 1 amide bonds. The van der Waals surface area contributed by atoms with Crippen LogP contribution in [-0.4, -0.2) is 75.2 Å². The van der Waals surface area contributed by atoms with Crippen LogP contribution in [0.15, 0.2) is 0 Å². The van der Waals surface area contributed by atoms with Gasteiger partial charge in [0.2, 0.25) is 5.91 Å². The number of ether oxygens (including phenoxy) is 1. The highest BCUT2D eigenvalue weighted by Gasteiger charge is 2.35. The Labute approximate surface area is 123 Å². The monoisotopic (exact) mass is 285 g/mol. The van der Waals surface area contributed by atoms with Crippen molar-refractivity contribution in [3.63, 3.8) is 0 Å². The molecule has 0 bridgehead atoms. The third-order valence-corrected chi connectivity index (χ3v) is 3.68. The molecule has 5 nitrogen and oxygen atoms in total. The molecular weight excluding hydrogens is 254 g/mol. The predicted molar refractivity (Wildman–Crippen MR) is 81.8 cm³/mol. The predicted octanol–water partition coefficient (Wildman–Crippen LogP) is 0.801. The molecule has 0 aromatic heterocycles. The molecule has 1 fully saturated rings. The van der Waals surface area contributed by atoms with Crippen molar-refractivity contribution in [1.29, 1.82) is 0 Å². The quantitative estimate of drug-likeness (QED) is 0.681. The Morgan fingerprint density at radius 3 is 2.50 bits per heavy atom. The number of carbonyl (C=O) groups excluding carboxylic acids is 1. The Morgan fingerprint density at radius 2 is 1.90 bits per heavy atom. The molecule has 1 aliphatic rings. The Hall–Kier alpha value is -0.650. The van der Waals surface area contributed by atoms with Crippen LogP contribution >= 0.6 is 0 Å². The normalized spacial score (nSPS) is 22.4. The Morgan fingerprint density at radius 1 is 1.15 bits per heavy atom. The molecule has 0 saturated carbocycles. The molecule has 1 rings (SSSR count). The number of amides is 1. The van der Waals surface area contributed by atoms with E-state index in [4.69, 9.17) is 4.74 Å². The maximum absolute atomic E-state index is 12.7. The van der Waals surface area contributed by atoms with Gasteiger partial charge >= 0.3 is 0 Å². The Kier molecular flexibility index (Phi) is 8.11. The molecule has 1 N–H and O–H groups in total. The first-order valence-electron chi connectivity index (χ1n) is 7.84. The van der Waals surface area contributed by atoms with E-state index in [1.54, 1.807) is 0 Å². The van der Waals surface area contributed by atoms with Gasteiger partial charge in [0, 0.05) is 25.7 Å². The van der Waals surface area contributed by atoms with Gasteiger partial charge in [-0.3, -0.25) is 4.79 Å². The van der Waals surface area contributed by atoms with Crippen LogP contribution < -0.4 is 5.32 Å². The van der Waals surface area contributed by atoms with Crippen LogP contribution in [0.2, 0.25) is 0 Å². The van der Waals surface area contributed by atoms with Crippen molar-refractivity contribution >= 4 is 5.91 Å². The first-order chi connectivity index (χ1) is 9.60. The van der Waals surface area contributed by atoms with Crippen LogP contribution in [0.5, 0.6) is 0 Å². The molecule has 0 aromatic rings. The molecule has 2 atom stereocenters. The van der Waals surface area contributed by atoms with E-state index in [9.17, 15) is 4.79 Å². The number of rotatable bonds is 9. The summed E-state index contributed by atoms with van der Waals surface area (Å²) in [5.74, 6) is 0.232. The largest absolute Gasteiger partial charge is 0.379 e. The van der Waals surface area contributed by atoms with Crippen LogP contribution in [0.1, 0.15) is 26.7 Å². The lowest BCUT2D eigenvalue weighted by Gasteiger charge is -2.28. The minimum atomic E-state index is -0.0183. The number of carbonyl (C=O) groups is 1. The molecule has 1 heterocycles. The molecule has 0 radical (unpaired) electrons. The van der Waals surface area contributed by atoms with Gasteiger partial charge in [0.25, 0.3) is 0 Å². The second kappa shape index (κ2) is 9.32. The average Bonchev–Trinajstić information content (AvgIpc) is 2.88. The van der Waals surface area contributed by atoms with E-state index in [0.29, 0.717) is 13.2 Å². The van der Waals surface area contributed by atoms with Crippen LogP contribution in [-0.2, 0) is 9.53 Å². The van der Waals surface area contributed by atoms with Gasteiger partial charge in [-0.1, -0.05) is 13.8 Å². The van der Waals surface area contributed by atoms with Gasteiger partial charge < -0.3 is 19.9 Å². The van der Waals surface area contributed by atoms with Gasteiger partial charge in [0.1, 0.15) is 0 Å². The summed E-state index contributed by atoms with van der Waals surface area (Å²) in [7, 11) is 4.08. The van der Waals surface area contributed by atoms with Crippen molar-refractivity contribution in [1.82, 2.24) is 15.1 Å². The molecule has 1 saturated heterocycles. The van der Waals surface area contributed by atoms with E-state index in [1.807, 2.05) is 19.0 Å². The van der Waals surface area contributed by atoms with Gasteiger partial charge in [-0.15, -0.1) is 0 Å². The molecule has 0 spiro atoms. The van der Waals surface area contributed by atoms with E-state index in [1.165, 1.54) is 0 Å². The number of nitrogens with zero attached hydrogens (tertiary/aromatic N) is 2. The Bertz CT molecular complexity index is 284. The highest BCUT2D eigenvalue weighted by Crippen LogP contribution is 2.17. The summed E-state index contributed by atoms with van der Waals surface area (Å²) >= 11 is 0. The van der Waals surface area contributed by atoms with Crippen LogP contribution in [0, 0.1) is 5.92 Å². The summed E-state index contributed by atoms with van der Waals surface area (Å²) in [5, 5.41) is 3.44. The van der Waals surface area contributed by atoms with E-state index >= 15 is 0 Å². The molecule has 0 aromatic carbocycles. The van der Waals surface area contributed by atoms with Gasteiger partial charge in [-0.2, -0.15) is 0 Å². The molecular formula is C15H31N3O2. The lowest BCUT2D eigenvalue weighted by Crippen LogP contribution is -2.47. The summed E-state index contributed by atoms with van der Waals surface area (Å²) in [6, 6.07) is 0.182. The van der Waals surface area contributed by atoms with E-state index in [-0.39, 0.29) is 17.9 Å². The zero-order chi connectivity index (χ0) is 15.0. The van der Waals surface area contributed by atoms with Crippen LogP contribution in [0.3, 0.4) is 0 Å². The maximum Gasteiger partial charge on any atom is 0.229 e. The molecule has 2 unspecified atom stereocenters. The molecule has 118 valence electrons. The highest BCUT2D eigenvalue weighted by atomic mass is 16.5. The van der Waals surface area contributed by atoms with Gasteiger partial charge in [0.05, 0.1) is 19.1 Å². The van der Waals surface area contributed by atoms with Crippen LogP contribution in [0.25, 0.3) is 0 Å². The Balaban J connectivity index is 2.57. The second-order valence-electron chi connectivity index (χ2n) is 5.83. The first-order valence-corrected chi connectivity index (χ1v) is 7.84. The zero-order valence-electron chi connectivity index (χ0n) is 13.5. The summed E-state index contributed by atoms with van der Waals surface area (Å²) in [6.45, 7) is 8.97. The molecule has 0 aliphatic carbocycles. The summed E-state index contributed by atoms with van der Waals surface area (Å²) in [4.78, 5) is 16.8. The molecule has 1 aliphatic heterocycles. The van der Waals surface area contributed by atoms with Crippen molar-refractivity contribution < 1.29 is 9.53 Å². The molecule has 5 heteroatoms. The minimum absolute atomic E-state index is 0.0183. The topological polar surface area (TPSA) is 44.8 Å². The fourth-order valence-electron chi connectivity index (χ4n) is 2.49. The maximum atomic E-state index is 12.7. The van der Waals surface area contributed by atoms with Crippen LogP contribution in [0.4, 0.5) is 0 Å². The van der Waals surface area contributed by atoms with E-state index < -0.39 is 0 Å². The third kappa shape index (κ3) is 5.38. The van der Waals surface area contributed by atoms with Gasteiger partial charge in [-0.05, 0) is 33.5 Å². The van der Waals surface area contributed by atoms with Crippen molar-refractivity contribution in [3.05, 3.63) is 0 Å². The fourth-order valence-corrected chi connectivity index (χ4v) is 2.49. The number of nitrogens with one attached hydrogen (secondary N) is 1.